The van der Waals surface area contributed by atoms with Gasteiger partial charge in [0.2, 0.25) is 0 Å². The molecule has 0 heterocycles. The van der Waals surface area contributed by atoms with Crippen molar-refractivity contribution in [2.24, 2.45) is 0 Å². The van der Waals surface area contributed by atoms with Crippen LogP contribution in [0.5, 0.6) is 5.75 Å². The number of hydrogen-bond acceptors (Lipinski definition) is 3. The minimum absolute atomic E-state index is 0.0327. The fourth-order valence-electron chi connectivity index (χ4n) is 2.87. The smallest absolute Gasteiger partial charge is 0.302 e. The van der Waals surface area contributed by atoms with Gasteiger partial charge in [-0.3, -0.25) is 4.79 Å². The maximum atomic E-state index is 11.3. The Kier molecular flexibility index (Phi) is 5.22. The monoisotopic (exact) mass is 274 g/mol. The van der Waals surface area contributed by atoms with Crippen molar-refractivity contribution in [2.75, 3.05) is 6.61 Å². The van der Waals surface area contributed by atoms with Gasteiger partial charge in [0.05, 0.1) is 0 Å². The molecule has 0 aliphatic heterocycles. The van der Waals surface area contributed by atoms with Gasteiger partial charge in [0, 0.05) is 18.4 Å². The number of carbonyl (C=O) groups excluding carboxylic acids is 1. The van der Waals surface area contributed by atoms with E-state index in [1.807, 2.05) is 18.2 Å². The van der Waals surface area contributed by atoms with Crippen molar-refractivity contribution >= 4 is 5.97 Å². The van der Waals surface area contributed by atoms with Crippen LogP contribution >= 0.6 is 0 Å². The van der Waals surface area contributed by atoms with Crippen LogP contribution in [0.1, 0.15) is 44.1 Å². The van der Waals surface area contributed by atoms with Gasteiger partial charge in [0.25, 0.3) is 0 Å². The molecule has 3 nitrogen and oxygen atoms in total. The topological polar surface area (TPSA) is 35.5 Å². The third kappa shape index (κ3) is 3.62. The molecule has 1 saturated carbocycles. The molecule has 20 heavy (non-hydrogen) atoms. The molecule has 0 radical (unpaired) electrons. The second-order valence-electron chi connectivity index (χ2n) is 5.18. The van der Waals surface area contributed by atoms with Crippen molar-refractivity contribution in [2.45, 2.75) is 44.6 Å². The first-order valence-corrected chi connectivity index (χ1v) is 7.22. The molecular weight excluding hydrogens is 252 g/mol. The summed E-state index contributed by atoms with van der Waals surface area (Å²) in [5.74, 6) is 0.900. The van der Waals surface area contributed by atoms with Gasteiger partial charge in [0.1, 0.15) is 18.5 Å². The van der Waals surface area contributed by atoms with Crippen LogP contribution in [0.2, 0.25) is 0 Å². The summed E-state index contributed by atoms with van der Waals surface area (Å²) in [7, 11) is 0. The number of benzene rings is 1. The fraction of sp³-hybridized carbons (Fsp3) is 0.471. The average molecular weight is 274 g/mol. The van der Waals surface area contributed by atoms with Gasteiger partial charge in [-0.25, -0.2) is 0 Å². The number of carbonyl (C=O) groups is 1. The maximum Gasteiger partial charge on any atom is 0.302 e. The second-order valence-corrected chi connectivity index (χ2v) is 5.18. The van der Waals surface area contributed by atoms with Crippen molar-refractivity contribution in [3.05, 3.63) is 42.5 Å². The molecular formula is C17H22O3. The van der Waals surface area contributed by atoms with Crippen LogP contribution in [0.25, 0.3) is 0 Å². The zero-order valence-corrected chi connectivity index (χ0v) is 12.0. The Labute approximate surface area is 120 Å². The lowest BCUT2D eigenvalue weighted by Crippen LogP contribution is -2.28. The summed E-state index contributed by atoms with van der Waals surface area (Å²) < 4.78 is 11.2. The minimum Gasteiger partial charge on any atom is -0.489 e. The van der Waals surface area contributed by atoms with Gasteiger partial charge in [-0.05, 0) is 25.3 Å². The van der Waals surface area contributed by atoms with E-state index in [1.54, 1.807) is 6.08 Å². The first kappa shape index (κ1) is 14.6. The Morgan fingerprint density at radius 3 is 2.85 bits per heavy atom. The van der Waals surface area contributed by atoms with Gasteiger partial charge in [-0.1, -0.05) is 37.3 Å². The summed E-state index contributed by atoms with van der Waals surface area (Å²) in [5, 5.41) is 0. The Morgan fingerprint density at radius 1 is 1.35 bits per heavy atom. The van der Waals surface area contributed by atoms with Crippen LogP contribution in [0.4, 0.5) is 0 Å². The molecule has 3 heteroatoms. The Morgan fingerprint density at radius 2 is 2.10 bits per heavy atom. The second kappa shape index (κ2) is 7.13. The van der Waals surface area contributed by atoms with E-state index >= 15 is 0 Å². The molecule has 0 saturated heterocycles. The molecule has 1 aromatic carbocycles. The molecule has 1 aliphatic carbocycles. The molecule has 0 N–H and O–H groups in total. The minimum atomic E-state index is -0.202. The average Bonchev–Trinajstić information content (AvgIpc) is 2.45. The summed E-state index contributed by atoms with van der Waals surface area (Å²) in [6.07, 6.45) is 5.95. The van der Waals surface area contributed by atoms with Crippen molar-refractivity contribution in [3.8, 4) is 5.75 Å². The molecule has 1 fully saturated rings. The Balaban J connectivity index is 2.22. The molecule has 2 rings (SSSR count). The third-order valence-corrected chi connectivity index (χ3v) is 3.70. The molecule has 108 valence electrons. The highest BCUT2D eigenvalue weighted by Gasteiger charge is 2.30. The van der Waals surface area contributed by atoms with Gasteiger partial charge < -0.3 is 9.47 Å². The number of rotatable bonds is 5. The van der Waals surface area contributed by atoms with Crippen LogP contribution < -0.4 is 4.74 Å². The Hall–Kier alpha value is -1.77. The normalized spacial score (nSPS) is 22.1. The molecule has 0 bridgehead atoms. The van der Waals surface area contributed by atoms with Gasteiger partial charge in [-0.15, -0.1) is 0 Å². The van der Waals surface area contributed by atoms with Crippen LogP contribution in [0.15, 0.2) is 36.9 Å². The van der Waals surface area contributed by atoms with Crippen molar-refractivity contribution in [1.82, 2.24) is 0 Å². The lowest BCUT2D eigenvalue weighted by atomic mass is 9.81. The third-order valence-electron chi connectivity index (χ3n) is 3.70. The molecule has 0 spiro atoms. The summed E-state index contributed by atoms with van der Waals surface area (Å²) in [4.78, 5) is 11.3. The van der Waals surface area contributed by atoms with Crippen molar-refractivity contribution < 1.29 is 14.3 Å². The highest BCUT2D eigenvalue weighted by Crippen LogP contribution is 2.39. The molecule has 0 unspecified atom stereocenters. The predicted octanol–water partition coefficient (Wildman–Crippen LogP) is 3.84. The molecule has 0 amide bonds. The SMILES string of the molecule is C=CCOc1ccccc1[C@H]1CCCC[C@@H]1OC(C)=O. The first-order chi connectivity index (χ1) is 9.72. The van der Waals surface area contributed by atoms with Crippen molar-refractivity contribution in [1.29, 1.82) is 0 Å². The van der Waals surface area contributed by atoms with E-state index in [2.05, 4.69) is 12.6 Å². The molecule has 2 atom stereocenters. The van der Waals surface area contributed by atoms with Crippen LogP contribution in [-0.4, -0.2) is 18.7 Å². The number of hydrogen-bond donors (Lipinski definition) is 0. The summed E-state index contributed by atoms with van der Waals surface area (Å²) in [5.41, 5.74) is 1.14. The summed E-state index contributed by atoms with van der Waals surface area (Å²) in [6.45, 7) is 5.64. The number of esters is 1. The lowest BCUT2D eigenvalue weighted by molar-refractivity contribution is -0.148. The molecule has 1 aliphatic rings. The zero-order chi connectivity index (χ0) is 14.4. The standard InChI is InChI=1S/C17H22O3/c1-3-12-19-16-10-6-4-8-14(16)15-9-5-7-11-17(15)20-13(2)18/h3-4,6,8,10,15,17H,1,5,7,9,11-12H2,2H3/t15-,17+/m1/s1. The first-order valence-electron chi connectivity index (χ1n) is 7.22. The van der Waals surface area contributed by atoms with E-state index in [0.717, 1.165) is 37.0 Å². The van der Waals surface area contributed by atoms with Crippen LogP contribution in [-0.2, 0) is 9.53 Å². The van der Waals surface area contributed by atoms with E-state index in [0.29, 0.717) is 6.61 Å². The fourth-order valence-corrected chi connectivity index (χ4v) is 2.87. The van der Waals surface area contributed by atoms with Gasteiger partial charge in [-0.2, -0.15) is 0 Å². The lowest BCUT2D eigenvalue weighted by Gasteiger charge is -2.32. The van der Waals surface area contributed by atoms with Gasteiger partial charge >= 0.3 is 5.97 Å². The quantitative estimate of drug-likeness (QED) is 0.604. The maximum absolute atomic E-state index is 11.3. The van der Waals surface area contributed by atoms with Crippen LogP contribution in [0.3, 0.4) is 0 Å². The predicted molar refractivity (Wildman–Crippen MR) is 78.9 cm³/mol. The van der Waals surface area contributed by atoms with E-state index < -0.39 is 0 Å². The van der Waals surface area contributed by atoms with Gasteiger partial charge in [0.15, 0.2) is 0 Å². The number of para-hydroxylation sites is 1. The molecule has 1 aromatic rings. The summed E-state index contributed by atoms with van der Waals surface area (Å²) in [6, 6.07) is 8.02. The molecule has 0 aromatic heterocycles. The largest absolute Gasteiger partial charge is 0.489 e. The van der Waals surface area contributed by atoms with E-state index in [1.165, 1.54) is 6.92 Å². The zero-order valence-electron chi connectivity index (χ0n) is 12.0. The van der Waals surface area contributed by atoms with E-state index in [4.69, 9.17) is 9.47 Å². The highest BCUT2D eigenvalue weighted by atomic mass is 16.5. The van der Waals surface area contributed by atoms with Crippen molar-refractivity contribution in [3.63, 3.8) is 0 Å². The summed E-state index contributed by atoms with van der Waals surface area (Å²) >= 11 is 0. The highest BCUT2D eigenvalue weighted by molar-refractivity contribution is 5.66. The van der Waals surface area contributed by atoms with E-state index in [9.17, 15) is 4.79 Å². The van der Waals surface area contributed by atoms with E-state index in [-0.39, 0.29) is 18.0 Å². The van der Waals surface area contributed by atoms with Crippen LogP contribution in [0, 0.1) is 0 Å². The number of ether oxygens (including phenoxy) is 2. The Bertz CT molecular complexity index is 467.